The first-order valence-electron chi connectivity index (χ1n) is 21.2. The zero-order valence-corrected chi connectivity index (χ0v) is 18.0. The van der Waals surface area contributed by atoms with Gasteiger partial charge in [-0.05, 0) is 56.2 Å². The number of carbonyl (C=O) groups excluding carboxylic acids is 1. The fourth-order valence-electron chi connectivity index (χ4n) is 3.08. The number of hydrogen-bond acceptors (Lipinski definition) is 5. The number of nitrogens with one attached hydrogen (secondary N) is 1. The zero-order valence-electron chi connectivity index (χ0n) is 40.2. The maximum Gasteiger partial charge on any atom is 0.221 e. The van der Waals surface area contributed by atoms with E-state index in [4.69, 9.17) is 31.6 Å². The lowest BCUT2D eigenvalue weighted by Crippen LogP contribution is -2.46. The Morgan fingerprint density at radius 1 is 1.31 bits per heavy atom. The zero-order chi connectivity index (χ0) is 43.1. The third kappa shape index (κ3) is 7.74. The molecular weight excluding hydrogens is 424 g/mol. The van der Waals surface area contributed by atoms with Crippen molar-refractivity contribution in [3.63, 3.8) is 0 Å². The monoisotopic (exact) mass is 487 g/mol. The van der Waals surface area contributed by atoms with E-state index in [9.17, 15) is 13.2 Å². The summed E-state index contributed by atoms with van der Waals surface area (Å²) in [5.74, 6) is -6.30. The van der Waals surface area contributed by atoms with Gasteiger partial charge in [0.2, 0.25) is 15.9 Å². The average molecular weight is 488 g/mol. The van der Waals surface area contributed by atoms with Gasteiger partial charge >= 0.3 is 0 Å². The minimum atomic E-state index is -6.23. The Hall–Kier alpha value is -1.64. The molecule has 8 heteroatoms. The van der Waals surface area contributed by atoms with Crippen molar-refractivity contribution in [3.05, 3.63) is 24.2 Å². The van der Waals surface area contributed by atoms with E-state index in [1.165, 1.54) is 4.90 Å². The van der Waals surface area contributed by atoms with Crippen LogP contribution in [0.25, 0.3) is 0 Å². The van der Waals surface area contributed by atoms with E-state index in [0.717, 1.165) is 6.07 Å². The molecule has 0 bridgehead atoms. The first-order valence-corrected chi connectivity index (χ1v) is 11.2. The molecule has 0 atom stereocenters. The van der Waals surface area contributed by atoms with Gasteiger partial charge in [0, 0.05) is 84.0 Å². The number of amides is 1. The van der Waals surface area contributed by atoms with Crippen LogP contribution in [0.3, 0.4) is 0 Å². The minimum absolute atomic E-state index is 0.0280. The maximum absolute atomic E-state index is 13.8. The number of unbranched alkanes of at least 4 members (excludes halogenated alkanes) is 1. The standard InChI is InChI=1S/C24H40N4O3S/c1-21(29)25-23-11-8-12-24(19-23)28-17-15-27(16-18-28)14-7-6-13-26(2)32(30,31)20-22-9-4-3-5-10-22/h8,11-12,19,22H,3-7,9-10,13-18,20H2,1-2H3,(H,25,29)/i1D3,2D3,3D2,4D2,5D2,9D2,10D2,11D,12D,19D,20D2,22D/hD. The molecule has 1 saturated carbocycles. The van der Waals surface area contributed by atoms with Crippen LogP contribution in [-0.2, 0) is 14.8 Å². The van der Waals surface area contributed by atoms with Crippen LogP contribution in [-0.4, -0.2) is 75.5 Å². The summed E-state index contributed by atoms with van der Waals surface area (Å²) in [7, 11) is -6.23. The molecule has 7 nitrogen and oxygen atoms in total. The Morgan fingerprint density at radius 3 is 2.81 bits per heavy atom. The second kappa shape index (κ2) is 12.0. The summed E-state index contributed by atoms with van der Waals surface area (Å²) in [6.07, 6.45) is -21.7. The summed E-state index contributed by atoms with van der Waals surface area (Å²) in [6.45, 7) is -7.11. The fourth-order valence-corrected chi connectivity index (χ4v) is 3.92. The normalized spacial score (nSPS) is 39.4. The third-order valence-corrected chi connectivity index (χ3v) is 5.89. The first kappa shape index (κ1) is 8.54. The molecular formula is C24H40N4O3S. The highest BCUT2D eigenvalue weighted by Gasteiger charge is 2.24. The quantitative estimate of drug-likeness (QED) is 0.512. The van der Waals surface area contributed by atoms with E-state index in [1.807, 2.05) is 0 Å². The van der Waals surface area contributed by atoms with Gasteiger partial charge in [0.25, 0.3) is 0 Å². The molecule has 1 N–H and O–H groups in total. The van der Waals surface area contributed by atoms with Crippen molar-refractivity contribution in [2.24, 2.45) is 5.89 Å². The molecule has 180 valence electrons. The second-order valence-electron chi connectivity index (χ2n) is 6.89. The Bertz CT molecular complexity index is 1710. The minimum Gasteiger partial charge on any atom is -0.369 e. The van der Waals surface area contributed by atoms with E-state index in [1.54, 1.807) is 4.90 Å². The molecule has 32 heavy (non-hydrogen) atoms. The summed E-state index contributed by atoms with van der Waals surface area (Å²) in [4.78, 5) is 15.5. The van der Waals surface area contributed by atoms with Crippen molar-refractivity contribution in [2.45, 2.75) is 51.6 Å². The van der Waals surface area contributed by atoms with Crippen LogP contribution in [0.1, 0.15) is 81.7 Å². The summed E-state index contributed by atoms with van der Waals surface area (Å²) in [5, 5.41) is -0.0772. The highest BCUT2D eigenvalue weighted by Crippen LogP contribution is 2.25. The molecule has 1 amide bonds. The molecule has 1 aliphatic heterocycles. The molecule has 1 aromatic rings. The number of benzene rings is 1. The molecule has 1 aliphatic carbocycles. The van der Waals surface area contributed by atoms with E-state index in [-0.39, 0.29) is 62.6 Å². The molecule has 2 aliphatic rings. The van der Waals surface area contributed by atoms with Gasteiger partial charge in [-0.15, -0.1) is 0 Å². The van der Waals surface area contributed by atoms with Crippen LogP contribution in [0.2, 0.25) is 1.41 Å². The number of piperazine rings is 1. The van der Waals surface area contributed by atoms with Gasteiger partial charge < -0.3 is 10.2 Å². The largest absolute Gasteiger partial charge is 0.369 e. The number of carbonyl (C=O) groups is 1. The summed E-state index contributed by atoms with van der Waals surface area (Å²) < 4.78 is 212. The van der Waals surface area contributed by atoms with Crippen molar-refractivity contribution >= 4 is 27.3 Å². The van der Waals surface area contributed by atoms with E-state index in [0.29, 0.717) is 0 Å². The highest BCUT2D eigenvalue weighted by atomic mass is 32.2. The van der Waals surface area contributed by atoms with Gasteiger partial charge in [-0.25, -0.2) is 12.7 Å². The molecule has 2 fully saturated rings. The summed E-state index contributed by atoms with van der Waals surface area (Å²) in [5.41, 5.74) is -5.44. The van der Waals surface area contributed by atoms with Gasteiger partial charge in [0.15, 0.2) is 1.41 Å². The SMILES string of the molecule is [2H]c1cc([2H])c(N([2H])C(=O)C([2H])([2H])[2H])c([2H])c1N1CCN(CCCCN(C([2H])([2H])[2H])S(=O)(=O)C([2H])([2H])C2([2H])C([2H])([2H])C([2H])([2H])C([2H])([2H])C([2H])([2H])C2([2H])[2H])CC1. The summed E-state index contributed by atoms with van der Waals surface area (Å²) in [6, 6.07) is -0.536. The molecule has 0 spiro atoms. The van der Waals surface area contributed by atoms with Gasteiger partial charge in [-0.1, -0.05) is 25.2 Å². The highest BCUT2D eigenvalue weighted by molar-refractivity contribution is 7.89. The smallest absolute Gasteiger partial charge is 0.221 e. The Balaban J connectivity index is 1.81. The molecule has 0 radical (unpaired) electrons. The van der Waals surface area contributed by atoms with Crippen molar-refractivity contribution < 1.29 is 44.8 Å². The Morgan fingerprint density at radius 2 is 2.09 bits per heavy atom. The number of hydrogen-bond donors (Lipinski definition) is 1. The number of rotatable bonds is 10. The molecule has 0 aromatic heterocycles. The van der Waals surface area contributed by atoms with Crippen molar-refractivity contribution in [3.8, 4) is 0 Å². The molecule has 1 aromatic carbocycles. The summed E-state index contributed by atoms with van der Waals surface area (Å²) >= 11 is 0. The lowest BCUT2D eigenvalue weighted by molar-refractivity contribution is -0.114. The molecule has 1 heterocycles. The first-order chi connectivity index (χ1) is 24.4. The number of anilines is 2. The molecule has 3 rings (SSSR count). The van der Waals surface area contributed by atoms with Gasteiger partial charge in [-0.2, -0.15) is 0 Å². The Labute approximate surface area is 226 Å². The number of nitrogens with zero attached hydrogens (tertiary/aromatic N) is 3. The van der Waals surface area contributed by atoms with Gasteiger partial charge in [0.05, 0.1) is 9.82 Å². The van der Waals surface area contributed by atoms with Crippen molar-refractivity contribution in [1.29, 1.82) is 0 Å². The maximum atomic E-state index is 13.8. The third-order valence-electron chi connectivity index (χ3n) is 4.66. The van der Waals surface area contributed by atoms with Crippen LogP contribution in [0, 0.1) is 5.89 Å². The van der Waals surface area contributed by atoms with Gasteiger partial charge in [0.1, 0.15) is 0 Å². The van der Waals surface area contributed by atoms with Gasteiger partial charge in [-0.3, -0.25) is 9.69 Å². The van der Waals surface area contributed by atoms with Crippen LogP contribution in [0.15, 0.2) is 24.2 Å². The Kier molecular flexibility index (Phi) is 3.20. The van der Waals surface area contributed by atoms with Crippen LogP contribution in [0.5, 0.6) is 0 Å². The number of sulfonamides is 1. The average Bonchev–Trinajstić information content (AvgIpc) is 3.01. The molecule has 1 saturated heterocycles. The molecule has 0 unspecified atom stereocenters. The van der Waals surface area contributed by atoms with Crippen molar-refractivity contribution in [1.82, 2.24) is 9.21 Å². The fraction of sp³-hybridized carbons (Fsp3) is 0.708. The van der Waals surface area contributed by atoms with E-state index < -0.39 is 102 Å². The predicted octanol–water partition coefficient (Wildman–Crippen LogP) is 3.39. The van der Waals surface area contributed by atoms with E-state index >= 15 is 0 Å². The second-order valence-corrected chi connectivity index (χ2v) is 8.48. The van der Waals surface area contributed by atoms with Crippen LogP contribution >= 0.6 is 0 Å². The lowest BCUT2D eigenvalue weighted by Gasteiger charge is -2.36. The van der Waals surface area contributed by atoms with Crippen LogP contribution < -0.4 is 10.2 Å². The van der Waals surface area contributed by atoms with E-state index in [2.05, 4.69) is 0 Å². The topological polar surface area (TPSA) is 73.0 Å². The van der Waals surface area contributed by atoms with Crippen LogP contribution in [0.4, 0.5) is 11.4 Å². The lowest BCUT2D eigenvalue weighted by atomic mass is 9.91. The van der Waals surface area contributed by atoms with Crippen molar-refractivity contribution in [2.75, 3.05) is 62.2 Å². The predicted molar refractivity (Wildman–Crippen MR) is 132 cm³/mol.